The fraction of sp³-hybridized carbons (Fsp3) is 0.357. The van der Waals surface area contributed by atoms with E-state index >= 15 is 0 Å². The van der Waals surface area contributed by atoms with Crippen molar-refractivity contribution in [1.29, 1.82) is 10.5 Å². The van der Waals surface area contributed by atoms with Crippen LogP contribution in [-0.4, -0.2) is 20.1 Å². The summed E-state index contributed by atoms with van der Waals surface area (Å²) >= 11 is 0. The van der Waals surface area contributed by atoms with Crippen molar-refractivity contribution in [3.8, 4) is 23.6 Å². The number of methoxy groups -OCH3 is 2. The molecule has 0 saturated heterocycles. The molecule has 2 rings (SSSR count). The lowest BCUT2D eigenvalue weighted by Gasteiger charge is -2.09. The molecule has 2 atom stereocenters. The number of amides is 1. The summed E-state index contributed by atoms with van der Waals surface area (Å²) < 4.78 is 10.3. The average Bonchev–Trinajstić information content (AvgIpc) is 3.16. The van der Waals surface area contributed by atoms with Gasteiger partial charge in [-0.1, -0.05) is 6.07 Å². The van der Waals surface area contributed by atoms with E-state index in [1.165, 1.54) is 14.2 Å². The Morgan fingerprint density at radius 2 is 1.85 bits per heavy atom. The molecule has 0 spiro atoms. The molecule has 102 valence electrons. The zero-order valence-electron chi connectivity index (χ0n) is 11.1. The fourth-order valence-corrected chi connectivity index (χ4v) is 2.58. The Kier molecular flexibility index (Phi) is 3.25. The van der Waals surface area contributed by atoms with Gasteiger partial charge >= 0.3 is 0 Å². The fourth-order valence-electron chi connectivity index (χ4n) is 2.58. The van der Waals surface area contributed by atoms with Crippen LogP contribution in [0.1, 0.15) is 11.5 Å². The van der Waals surface area contributed by atoms with Crippen LogP contribution in [0, 0.1) is 34.0 Å². The molecule has 0 radical (unpaired) electrons. The van der Waals surface area contributed by atoms with Gasteiger partial charge in [0.25, 0.3) is 0 Å². The van der Waals surface area contributed by atoms with E-state index in [0.29, 0.717) is 17.1 Å². The Morgan fingerprint density at radius 3 is 2.25 bits per heavy atom. The topological polar surface area (TPSA) is 109 Å². The monoisotopic (exact) mass is 271 g/mol. The Hall–Kier alpha value is -2.73. The molecule has 20 heavy (non-hydrogen) atoms. The third-order valence-electron chi connectivity index (χ3n) is 3.65. The molecular weight excluding hydrogens is 258 g/mol. The van der Waals surface area contributed by atoms with Crippen molar-refractivity contribution in [2.24, 2.45) is 17.1 Å². The molecule has 2 N–H and O–H groups in total. The van der Waals surface area contributed by atoms with Crippen molar-refractivity contribution >= 4 is 5.91 Å². The number of carbonyl (C=O) groups excluding carboxylic acids is 1. The van der Waals surface area contributed by atoms with Gasteiger partial charge in [0.1, 0.15) is 0 Å². The van der Waals surface area contributed by atoms with Crippen molar-refractivity contribution in [1.82, 2.24) is 0 Å². The normalized spacial score (nSPS) is 22.2. The summed E-state index contributed by atoms with van der Waals surface area (Å²) in [6, 6.07) is 8.87. The molecule has 0 aliphatic heterocycles. The van der Waals surface area contributed by atoms with Crippen LogP contribution in [0.5, 0.6) is 11.5 Å². The molecule has 6 nitrogen and oxygen atoms in total. The molecule has 1 amide bonds. The van der Waals surface area contributed by atoms with Crippen LogP contribution in [0.4, 0.5) is 0 Å². The maximum atomic E-state index is 11.4. The minimum absolute atomic E-state index is 0.477. The van der Waals surface area contributed by atoms with Gasteiger partial charge in [0.05, 0.1) is 32.3 Å². The maximum absolute atomic E-state index is 11.4. The second kappa shape index (κ2) is 4.75. The van der Waals surface area contributed by atoms with E-state index in [1.807, 2.05) is 12.1 Å². The van der Waals surface area contributed by atoms with Crippen molar-refractivity contribution in [2.75, 3.05) is 14.2 Å². The van der Waals surface area contributed by atoms with Gasteiger partial charge in [-0.05, 0) is 17.7 Å². The predicted molar refractivity (Wildman–Crippen MR) is 68.6 cm³/mol. The maximum Gasteiger partial charge on any atom is 0.223 e. The molecular formula is C14H13N3O3. The van der Waals surface area contributed by atoms with E-state index in [4.69, 9.17) is 15.2 Å². The van der Waals surface area contributed by atoms with Crippen LogP contribution >= 0.6 is 0 Å². The summed E-state index contributed by atoms with van der Waals surface area (Å²) in [6.07, 6.45) is 0. The number of carbonyl (C=O) groups is 1. The molecule has 6 heteroatoms. The number of primary amides is 1. The van der Waals surface area contributed by atoms with Crippen molar-refractivity contribution in [3.63, 3.8) is 0 Å². The van der Waals surface area contributed by atoms with Gasteiger partial charge in [0, 0.05) is 5.92 Å². The minimum atomic E-state index is -1.38. The number of ether oxygens (including phenoxy) is 2. The minimum Gasteiger partial charge on any atom is -0.493 e. The highest BCUT2D eigenvalue weighted by atomic mass is 16.5. The summed E-state index contributed by atoms with van der Waals surface area (Å²) in [5, 5.41) is 18.4. The number of benzene rings is 1. The Morgan fingerprint density at radius 1 is 1.25 bits per heavy atom. The molecule has 0 unspecified atom stereocenters. The van der Waals surface area contributed by atoms with E-state index in [-0.39, 0.29) is 0 Å². The summed E-state index contributed by atoms with van der Waals surface area (Å²) in [5.41, 5.74) is 4.56. The number of nitriles is 2. The molecule has 1 aliphatic rings. The summed E-state index contributed by atoms with van der Waals surface area (Å²) in [4.78, 5) is 11.4. The van der Waals surface area contributed by atoms with Crippen molar-refractivity contribution in [3.05, 3.63) is 23.8 Å². The third kappa shape index (κ3) is 1.74. The Bertz CT molecular complexity index is 628. The number of hydrogen-bond acceptors (Lipinski definition) is 5. The van der Waals surface area contributed by atoms with E-state index in [9.17, 15) is 15.3 Å². The standard InChI is InChI=1S/C14H13N3O3/c1-19-9-4-3-8(5-10(9)20-2)11-12(13(17)18)14(11,6-15)7-16/h3-5,11-12H,1-2H3,(H2,17,18)/t11-,12-/m1/s1. The van der Waals surface area contributed by atoms with Crippen LogP contribution in [0.25, 0.3) is 0 Å². The van der Waals surface area contributed by atoms with Gasteiger partial charge in [0.2, 0.25) is 5.91 Å². The first-order valence-corrected chi connectivity index (χ1v) is 5.89. The molecule has 0 bridgehead atoms. The lowest BCUT2D eigenvalue weighted by atomic mass is 10.0. The molecule has 1 fully saturated rings. The Balaban J connectivity index is 2.46. The highest BCUT2D eigenvalue weighted by molar-refractivity contribution is 5.85. The van der Waals surface area contributed by atoms with Crippen LogP contribution in [-0.2, 0) is 4.79 Å². The molecule has 0 heterocycles. The lowest BCUT2D eigenvalue weighted by molar-refractivity contribution is -0.119. The van der Waals surface area contributed by atoms with Crippen LogP contribution < -0.4 is 15.2 Å². The first-order chi connectivity index (χ1) is 9.55. The van der Waals surface area contributed by atoms with Crippen LogP contribution in [0.2, 0.25) is 0 Å². The van der Waals surface area contributed by atoms with Crippen molar-refractivity contribution < 1.29 is 14.3 Å². The predicted octanol–water partition coefficient (Wildman–Crippen LogP) is 0.936. The van der Waals surface area contributed by atoms with Gasteiger partial charge < -0.3 is 15.2 Å². The third-order valence-corrected chi connectivity index (χ3v) is 3.65. The van der Waals surface area contributed by atoms with E-state index in [0.717, 1.165) is 0 Å². The van der Waals surface area contributed by atoms with Crippen molar-refractivity contribution in [2.45, 2.75) is 5.92 Å². The Labute approximate surface area is 116 Å². The second-order valence-corrected chi connectivity index (χ2v) is 4.56. The lowest BCUT2D eigenvalue weighted by Crippen LogP contribution is -2.17. The van der Waals surface area contributed by atoms with Crippen LogP contribution in [0.3, 0.4) is 0 Å². The molecule has 1 saturated carbocycles. The van der Waals surface area contributed by atoms with Gasteiger partial charge in [-0.25, -0.2) is 0 Å². The first-order valence-electron chi connectivity index (χ1n) is 5.89. The van der Waals surface area contributed by atoms with E-state index < -0.39 is 23.2 Å². The number of nitrogens with two attached hydrogens (primary N) is 1. The van der Waals surface area contributed by atoms with Crippen LogP contribution in [0.15, 0.2) is 18.2 Å². The van der Waals surface area contributed by atoms with E-state index in [2.05, 4.69) is 0 Å². The van der Waals surface area contributed by atoms with Gasteiger partial charge in [-0.2, -0.15) is 10.5 Å². The zero-order chi connectivity index (χ0) is 14.9. The van der Waals surface area contributed by atoms with E-state index in [1.54, 1.807) is 18.2 Å². The highest BCUT2D eigenvalue weighted by Crippen LogP contribution is 2.64. The zero-order valence-corrected chi connectivity index (χ0v) is 11.1. The summed E-state index contributed by atoms with van der Waals surface area (Å²) in [7, 11) is 3.00. The largest absolute Gasteiger partial charge is 0.493 e. The SMILES string of the molecule is COc1ccc([C@@H]2[C@H](C(N)=O)C2(C#N)C#N)cc1OC. The van der Waals surface area contributed by atoms with Gasteiger partial charge in [-0.3, -0.25) is 4.79 Å². The first kappa shape index (κ1) is 13.7. The quantitative estimate of drug-likeness (QED) is 0.876. The number of nitrogens with zero attached hydrogens (tertiary/aromatic N) is 2. The summed E-state index contributed by atoms with van der Waals surface area (Å²) in [6.45, 7) is 0. The highest BCUT2D eigenvalue weighted by Gasteiger charge is 2.70. The molecule has 0 aromatic heterocycles. The number of hydrogen-bond donors (Lipinski definition) is 1. The van der Waals surface area contributed by atoms with Gasteiger partial charge in [-0.15, -0.1) is 0 Å². The smallest absolute Gasteiger partial charge is 0.223 e. The van der Waals surface area contributed by atoms with Gasteiger partial charge in [0.15, 0.2) is 16.9 Å². The second-order valence-electron chi connectivity index (χ2n) is 4.56. The average molecular weight is 271 g/mol. The summed E-state index contributed by atoms with van der Waals surface area (Å²) in [5.74, 6) is -0.963. The molecule has 1 aliphatic carbocycles. The molecule has 1 aromatic carbocycles. The molecule has 1 aromatic rings. The number of rotatable bonds is 4.